The van der Waals surface area contributed by atoms with Crippen LogP contribution in [0, 0.1) is 0 Å². The molecule has 0 saturated heterocycles. The summed E-state index contributed by atoms with van der Waals surface area (Å²) >= 11 is 0. The molecule has 25 heavy (non-hydrogen) atoms. The van der Waals surface area contributed by atoms with Gasteiger partial charge in [-0.1, -0.05) is 36.4 Å². The summed E-state index contributed by atoms with van der Waals surface area (Å²) in [5.74, 6) is 0.991. The van der Waals surface area contributed by atoms with Crippen LogP contribution in [0.1, 0.15) is 48.9 Å². The van der Waals surface area contributed by atoms with Crippen LogP contribution in [0.4, 0.5) is 0 Å². The first kappa shape index (κ1) is 17.5. The monoisotopic (exact) mass is 338 g/mol. The van der Waals surface area contributed by atoms with Crippen molar-refractivity contribution in [1.29, 1.82) is 0 Å². The molecule has 1 aliphatic rings. The van der Waals surface area contributed by atoms with Crippen LogP contribution < -0.4 is 15.8 Å². The number of nitrogens with one attached hydrogen (secondary N) is 1. The maximum atomic E-state index is 12.4. The molecule has 3 N–H and O–H groups in total. The van der Waals surface area contributed by atoms with E-state index in [1.165, 1.54) is 5.56 Å². The Morgan fingerprint density at radius 3 is 2.76 bits per heavy atom. The molecule has 0 fully saturated rings. The van der Waals surface area contributed by atoms with E-state index in [9.17, 15) is 4.79 Å². The van der Waals surface area contributed by atoms with E-state index < -0.39 is 0 Å². The minimum atomic E-state index is -0.158. The lowest BCUT2D eigenvalue weighted by molar-refractivity contribution is -0.121. The molecule has 132 valence electrons. The molecule has 2 aromatic rings. The highest BCUT2D eigenvalue weighted by molar-refractivity contribution is 5.77. The fraction of sp³-hybridized carbons (Fsp3) is 0.381. The lowest BCUT2D eigenvalue weighted by atomic mass is 9.94. The van der Waals surface area contributed by atoms with E-state index in [2.05, 4.69) is 11.4 Å². The van der Waals surface area contributed by atoms with Gasteiger partial charge in [0.2, 0.25) is 5.91 Å². The van der Waals surface area contributed by atoms with Crippen LogP contribution in [0.2, 0.25) is 0 Å². The summed E-state index contributed by atoms with van der Waals surface area (Å²) in [6, 6.07) is 16.2. The highest BCUT2D eigenvalue weighted by Gasteiger charge is 2.19. The van der Waals surface area contributed by atoms with Crippen molar-refractivity contribution in [3.8, 4) is 5.75 Å². The van der Waals surface area contributed by atoms with Crippen LogP contribution in [0.5, 0.6) is 5.75 Å². The third kappa shape index (κ3) is 4.60. The van der Waals surface area contributed by atoms with E-state index in [0.717, 1.165) is 36.3 Å². The molecule has 2 atom stereocenters. The summed E-state index contributed by atoms with van der Waals surface area (Å²) in [7, 11) is 0. The van der Waals surface area contributed by atoms with E-state index >= 15 is 0 Å². The van der Waals surface area contributed by atoms with Gasteiger partial charge in [-0.2, -0.15) is 0 Å². The van der Waals surface area contributed by atoms with Gasteiger partial charge in [-0.25, -0.2) is 0 Å². The molecule has 2 unspecified atom stereocenters. The summed E-state index contributed by atoms with van der Waals surface area (Å²) in [4.78, 5) is 12.4. The van der Waals surface area contributed by atoms with Gasteiger partial charge < -0.3 is 15.8 Å². The Kier molecular flexibility index (Phi) is 5.71. The molecule has 2 aromatic carbocycles. The number of carbonyl (C=O) groups excluding carboxylic acids is 1. The first-order valence-corrected chi connectivity index (χ1v) is 8.99. The molecular formula is C21H26N2O2. The molecule has 1 aliphatic heterocycles. The maximum absolute atomic E-state index is 12.4. The van der Waals surface area contributed by atoms with E-state index in [-0.39, 0.29) is 18.0 Å². The molecular weight excluding hydrogens is 312 g/mol. The third-order valence-corrected chi connectivity index (χ3v) is 4.53. The molecule has 0 aromatic heterocycles. The second kappa shape index (κ2) is 8.17. The van der Waals surface area contributed by atoms with Crippen molar-refractivity contribution >= 4 is 5.91 Å². The van der Waals surface area contributed by atoms with Crippen LogP contribution in [0.3, 0.4) is 0 Å². The summed E-state index contributed by atoms with van der Waals surface area (Å²) < 4.78 is 5.71. The lowest BCUT2D eigenvalue weighted by Gasteiger charge is -2.23. The molecule has 0 saturated carbocycles. The Hall–Kier alpha value is -2.33. The highest BCUT2D eigenvalue weighted by Crippen LogP contribution is 2.30. The highest BCUT2D eigenvalue weighted by atomic mass is 16.5. The summed E-state index contributed by atoms with van der Waals surface area (Å²) in [5.41, 5.74) is 9.16. The fourth-order valence-corrected chi connectivity index (χ4v) is 3.16. The number of ether oxygens (including phenoxy) is 1. The van der Waals surface area contributed by atoms with Crippen molar-refractivity contribution in [2.75, 3.05) is 6.61 Å². The van der Waals surface area contributed by atoms with Crippen LogP contribution >= 0.6 is 0 Å². The number of benzene rings is 2. The normalized spacial score (nSPS) is 15.6. The zero-order chi connectivity index (χ0) is 17.6. The van der Waals surface area contributed by atoms with E-state index in [1.54, 1.807) is 0 Å². The van der Waals surface area contributed by atoms with Crippen molar-refractivity contribution in [1.82, 2.24) is 5.32 Å². The lowest BCUT2D eigenvalue weighted by Crippen LogP contribution is -2.30. The van der Waals surface area contributed by atoms with Gasteiger partial charge in [0.25, 0.3) is 0 Å². The average molecular weight is 338 g/mol. The first-order valence-electron chi connectivity index (χ1n) is 8.99. The smallest absolute Gasteiger partial charge is 0.220 e. The SMILES string of the molecule is CC(N)CCC(=O)NC(c1ccccc1)c1ccc2c(c1)CCCO2. The zero-order valence-corrected chi connectivity index (χ0v) is 14.7. The first-order chi connectivity index (χ1) is 12.1. The van der Waals surface area contributed by atoms with Gasteiger partial charge in [0, 0.05) is 12.5 Å². The molecule has 0 bridgehead atoms. The average Bonchev–Trinajstić information content (AvgIpc) is 2.65. The third-order valence-electron chi connectivity index (χ3n) is 4.53. The van der Waals surface area contributed by atoms with E-state index in [1.807, 2.05) is 49.4 Å². The van der Waals surface area contributed by atoms with Crippen LogP contribution in [0.15, 0.2) is 48.5 Å². The van der Waals surface area contributed by atoms with Crippen molar-refractivity contribution in [3.63, 3.8) is 0 Å². The predicted molar refractivity (Wildman–Crippen MR) is 99.6 cm³/mol. The molecule has 0 aliphatic carbocycles. The number of hydrogen-bond acceptors (Lipinski definition) is 3. The number of rotatable bonds is 6. The Labute approximate surface area is 149 Å². The Balaban J connectivity index is 1.85. The van der Waals surface area contributed by atoms with Gasteiger partial charge in [-0.15, -0.1) is 0 Å². The number of fused-ring (bicyclic) bond motifs is 1. The minimum absolute atomic E-state index is 0.0279. The standard InChI is InChI=1S/C21H26N2O2/c1-15(22)9-12-20(24)23-21(16-6-3-2-4-7-16)18-10-11-19-17(14-18)8-5-13-25-19/h2-4,6-7,10-11,14-15,21H,5,8-9,12-13,22H2,1H3,(H,23,24). The van der Waals surface area contributed by atoms with Crippen LogP contribution in [-0.2, 0) is 11.2 Å². The number of nitrogens with two attached hydrogens (primary N) is 1. The van der Waals surface area contributed by atoms with Gasteiger partial charge in [0.1, 0.15) is 5.75 Å². The summed E-state index contributed by atoms with van der Waals surface area (Å²) in [5, 5.41) is 3.18. The minimum Gasteiger partial charge on any atom is -0.493 e. The Morgan fingerprint density at radius 1 is 1.20 bits per heavy atom. The summed E-state index contributed by atoms with van der Waals surface area (Å²) in [6.45, 7) is 2.70. The van der Waals surface area contributed by atoms with Crippen molar-refractivity contribution in [2.45, 2.75) is 44.7 Å². The van der Waals surface area contributed by atoms with Crippen LogP contribution in [-0.4, -0.2) is 18.6 Å². The Bertz CT molecular complexity index is 713. The predicted octanol–water partition coefficient (Wildman–Crippen LogP) is 3.34. The Morgan fingerprint density at radius 2 is 2.00 bits per heavy atom. The fourth-order valence-electron chi connectivity index (χ4n) is 3.16. The molecule has 0 spiro atoms. The topological polar surface area (TPSA) is 64.4 Å². The van der Waals surface area contributed by atoms with Gasteiger partial charge in [-0.05, 0) is 55.0 Å². The van der Waals surface area contributed by atoms with Crippen molar-refractivity contribution in [3.05, 3.63) is 65.2 Å². The molecule has 0 radical (unpaired) electrons. The van der Waals surface area contributed by atoms with E-state index in [4.69, 9.17) is 10.5 Å². The maximum Gasteiger partial charge on any atom is 0.220 e. The molecule has 1 heterocycles. The number of carbonyl (C=O) groups is 1. The summed E-state index contributed by atoms with van der Waals surface area (Å²) in [6.07, 6.45) is 3.18. The second-order valence-corrected chi connectivity index (χ2v) is 6.75. The zero-order valence-electron chi connectivity index (χ0n) is 14.7. The van der Waals surface area contributed by atoms with Gasteiger partial charge in [-0.3, -0.25) is 4.79 Å². The largest absolute Gasteiger partial charge is 0.493 e. The number of amides is 1. The quantitative estimate of drug-likeness (QED) is 0.849. The van der Waals surface area contributed by atoms with Gasteiger partial charge in [0.05, 0.1) is 12.6 Å². The molecule has 4 heteroatoms. The van der Waals surface area contributed by atoms with Crippen LogP contribution in [0.25, 0.3) is 0 Å². The van der Waals surface area contributed by atoms with Gasteiger partial charge in [0.15, 0.2) is 0 Å². The van der Waals surface area contributed by atoms with Crippen molar-refractivity contribution < 1.29 is 9.53 Å². The van der Waals surface area contributed by atoms with Crippen molar-refractivity contribution in [2.24, 2.45) is 5.73 Å². The molecule has 3 rings (SSSR count). The molecule has 4 nitrogen and oxygen atoms in total. The molecule has 1 amide bonds. The van der Waals surface area contributed by atoms with E-state index in [0.29, 0.717) is 12.8 Å². The number of hydrogen-bond donors (Lipinski definition) is 2. The second-order valence-electron chi connectivity index (χ2n) is 6.75. The number of aryl methyl sites for hydroxylation is 1. The van der Waals surface area contributed by atoms with Gasteiger partial charge >= 0.3 is 0 Å².